The van der Waals surface area contributed by atoms with E-state index >= 15 is 0 Å². The molecule has 1 aromatic carbocycles. The molecule has 0 radical (unpaired) electrons. The molecule has 1 rings (SSSR count). The molecule has 116 valence electrons. The largest absolute Gasteiger partial charge is 0.223 e. The Labute approximate surface area is 128 Å². The highest BCUT2D eigenvalue weighted by Crippen LogP contribution is 2.47. The Kier molecular flexibility index (Phi) is 5.07. The zero-order valence-corrected chi connectivity index (χ0v) is 15.8. The molecule has 0 nitrogen and oxygen atoms in total. The van der Waals surface area contributed by atoms with Crippen LogP contribution in [0.2, 0.25) is 0 Å². The lowest BCUT2D eigenvalue weighted by Gasteiger charge is -2.36. The molecule has 0 aliphatic carbocycles. The zero-order chi connectivity index (χ0) is 15.8. The van der Waals surface area contributed by atoms with Crippen molar-refractivity contribution in [2.75, 3.05) is 18.8 Å². The average molecular weight is 295 g/mol. The van der Waals surface area contributed by atoms with E-state index in [1.54, 1.807) is 0 Å². The van der Waals surface area contributed by atoms with Gasteiger partial charge < -0.3 is 0 Å². The topological polar surface area (TPSA) is 0 Å². The van der Waals surface area contributed by atoms with Gasteiger partial charge in [0, 0.05) is 0 Å². The SMILES string of the molecule is CC(C)(C)CC(c1ccc(S(C)(C)C)cc1)C(C)(C)C. The second-order valence-electron chi connectivity index (χ2n) is 9.09. The lowest BCUT2D eigenvalue weighted by atomic mass is 9.69. The summed E-state index contributed by atoms with van der Waals surface area (Å²) in [5.41, 5.74) is 2.18. The van der Waals surface area contributed by atoms with Crippen molar-refractivity contribution in [1.82, 2.24) is 0 Å². The van der Waals surface area contributed by atoms with Crippen molar-refractivity contribution in [3.05, 3.63) is 29.8 Å². The molecular formula is C19H34S. The standard InChI is InChI=1S/C19H34S/c1-18(2,3)14-17(19(4,5)6)15-10-12-16(13-11-15)20(7,8)9/h10-13,17H,14H2,1-9H3. The fraction of sp³-hybridized carbons (Fsp3) is 0.684. The molecule has 20 heavy (non-hydrogen) atoms. The molecule has 1 aromatic rings. The molecule has 0 spiro atoms. The Morgan fingerprint density at radius 2 is 1.30 bits per heavy atom. The van der Waals surface area contributed by atoms with Crippen LogP contribution in [-0.4, -0.2) is 18.8 Å². The van der Waals surface area contributed by atoms with Crippen LogP contribution in [0.4, 0.5) is 0 Å². The van der Waals surface area contributed by atoms with Crippen molar-refractivity contribution in [2.24, 2.45) is 10.8 Å². The Morgan fingerprint density at radius 3 is 1.60 bits per heavy atom. The van der Waals surface area contributed by atoms with Crippen LogP contribution in [-0.2, 0) is 0 Å². The second kappa shape index (κ2) is 5.75. The quantitative estimate of drug-likeness (QED) is 0.613. The fourth-order valence-electron chi connectivity index (χ4n) is 2.64. The number of benzene rings is 1. The van der Waals surface area contributed by atoms with Gasteiger partial charge in [0.15, 0.2) is 0 Å². The van der Waals surface area contributed by atoms with Crippen LogP contribution in [0.25, 0.3) is 0 Å². The van der Waals surface area contributed by atoms with Gasteiger partial charge in [-0.25, -0.2) is 10.0 Å². The van der Waals surface area contributed by atoms with Crippen molar-refractivity contribution >= 4 is 10.0 Å². The highest BCUT2D eigenvalue weighted by molar-refractivity contribution is 8.32. The van der Waals surface area contributed by atoms with Gasteiger partial charge in [-0.15, -0.1) is 0 Å². The first-order valence-corrected chi connectivity index (χ1v) is 10.4. The summed E-state index contributed by atoms with van der Waals surface area (Å²) in [6.45, 7) is 14.1. The van der Waals surface area contributed by atoms with Crippen LogP contribution in [0.5, 0.6) is 0 Å². The van der Waals surface area contributed by atoms with Crippen LogP contribution < -0.4 is 0 Å². The van der Waals surface area contributed by atoms with E-state index < -0.39 is 10.0 Å². The molecule has 0 bridgehead atoms. The second-order valence-corrected chi connectivity index (χ2v) is 13.2. The van der Waals surface area contributed by atoms with Gasteiger partial charge in [-0.3, -0.25) is 0 Å². The van der Waals surface area contributed by atoms with E-state index in [9.17, 15) is 0 Å². The van der Waals surface area contributed by atoms with Crippen LogP contribution in [0.3, 0.4) is 0 Å². The maximum absolute atomic E-state index is 2.37. The van der Waals surface area contributed by atoms with Crippen LogP contribution in [0.15, 0.2) is 29.2 Å². The molecule has 0 aromatic heterocycles. The number of rotatable bonds is 3. The summed E-state index contributed by atoms with van der Waals surface area (Å²) >= 11 is 0. The Morgan fingerprint density at radius 1 is 0.850 bits per heavy atom. The van der Waals surface area contributed by atoms with Gasteiger partial charge in [-0.2, -0.15) is 0 Å². The minimum Gasteiger partial charge on any atom is -0.223 e. The van der Waals surface area contributed by atoms with Gasteiger partial charge in [-0.05, 0) is 64.5 Å². The molecule has 0 aliphatic rings. The molecule has 1 heteroatoms. The van der Waals surface area contributed by atoms with Gasteiger partial charge in [0.1, 0.15) is 0 Å². The first-order chi connectivity index (χ1) is 8.81. The van der Waals surface area contributed by atoms with Gasteiger partial charge >= 0.3 is 0 Å². The van der Waals surface area contributed by atoms with E-state index in [1.165, 1.54) is 16.9 Å². The minimum absolute atomic E-state index is 0.309. The first-order valence-electron chi connectivity index (χ1n) is 7.59. The molecule has 0 N–H and O–H groups in total. The summed E-state index contributed by atoms with van der Waals surface area (Å²) in [5.74, 6) is 0.617. The maximum Gasteiger partial charge on any atom is -0.0106 e. The van der Waals surface area contributed by atoms with Crippen molar-refractivity contribution in [3.8, 4) is 0 Å². The van der Waals surface area contributed by atoms with Gasteiger partial charge in [0.05, 0.1) is 0 Å². The van der Waals surface area contributed by atoms with Crippen molar-refractivity contribution in [1.29, 1.82) is 0 Å². The molecule has 0 saturated heterocycles. The van der Waals surface area contributed by atoms with Crippen molar-refractivity contribution in [2.45, 2.75) is 58.8 Å². The maximum atomic E-state index is 2.37. The Balaban J connectivity index is 3.10. The molecule has 0 heterocycles. The summed E-state index contributed by atoms with van der Waals surface area (Å²) in [4.78, 5) is 1.50. The zero-order valence-electron chi connectivity index (χ0n) is 15.0. The molecule has 0 saturated carbocycles. The first kappa shape index (κ1) is 17.6. The molecule has 0 fully saturated rings. The predicted octanol–water partition coefficient (Wildman–Crippen LogP) is 6.31. The Bertz CT molecular complexity index is 421. The molecule has 1 unspecified atom stereocenters. The average Bonchev–Trinajstić information content (AvgIpc) is 2.22. The van der Waals surface area contributed by atoms with E-state index in [4.69, 9.17) is 0 Å². The highest BCUT2D eigenvalue weighted by atomic mass is 32.3. The number of hydrogen-bond acceptors (Lipinski definition) is 0. The summed E-state index contributed by atoms with van der Waals surface area (Å²) < 4.78 is 0. The van der Waals surface area contributed by atoms with Crippen molar-refractivity contribution < 1.29 is 0 Å². The lowest BCUT2D eigenvalue weighted by Crippen LogP contribution is -2.23. The van der Waals surface area contributed by atoms with Crippen LogP contribution >= 0.6 is 10.0 Å². The van der Waals surface area contributed by atoms with Gasteiger partial charge in [0.2, 0.25) is 0 Å². The number of hydrogen-bond donors (Lipinski definition) is 0. The minimum atomic E-state index is -0.616. The van der Waals surface area contributed by atoms with Crippen molar-refractivity contribution in [3.63, 3.8) is 0 Å². The summed E-state index contributed by atoms with van der Waals surface area (Å²) in [5, 5.41) is 0. The third kappa shape index (κ3) is 5.16. The third-order valence-corrected chi connectivity index (χ3v) is 5.54. The van der Waals surface area contributed by atoms with E-state index in [-0.39, 0.29) is 0 Å². The monoisotopic (exact) mass is 294 g/mol. The summed E-state index contributed by atoms with van der Waals surface area (Å²) in [7, 11) is -0.616. The molecule has 1 atom stereocenters. The van der Waals surface area contributed by atoms with E-state index in [0.717, 1.165) is 0 Å². The fourth-order valence-corrected chi connectivity index (χ4v) is 3.60. The van der Waals surface area contributed by atoms with Crippen LogP contribution in [0, 0.1) is 10.8 Å². The molecule has 0 aliphatic heterocycles. The van der Waals surface area contributed by atoms with E-state index in [1.807, 2.05) is 0 Å². The predicted molar refractivity (Wildman–Crippen MR) is 96.3 cm³/mol. The normalized spacial score (nSPS) is 16.1. The third-order valence-electron chi connectivity index (χ3n) is 3.85. The van der Waals surface area contributed by atoms with Gasteiger partial charge in [-0.1, -0.05) is 53.7 Å². The summed E-state index contributed by atoms with van der Waals surface area (Å²) in [6.07, 6.45) is 8.31. The summed E-state index contributed by atoms with van der Waals surface area (Å²) in [6, 6.07) is 9.45. The highest BCUT2D eigenvalue weighted by Gasteiger charge is 2.30. The van der Waals surface area contributed by atoms with Gasteiger partial charge in [0.25, 0.3) is 0 Å². The molecule has 0 amide bonds. The lowest BCUT2D eigenvalue weighted by molar-refractivity contribution is 0.229. The Hall–Kier alpha value is -0.430. The van der Waals surface area contributed by atoms with Crippen LogP contribution in [0.1, 0.15) is 59.4 Å². The molecular weight excluding hydrogens is 260 g/mol. The smallest absolute Gasteiger partial charge is 0.0106 e. The van der Waals surface area contributed by atoms with E-state index in [2.05, 4.69) is 84.6 Å². The van der Waals surface area contributed by atoms with E-state index in [0.29, 0.717) is 16.7 Å².